The van der Waals surface area contributed by atoms with Gasteiger partial charge in [0.05, 0.1) is 6.04 Å². The summed E-state index contributed by atoms with van der Waals surface area (Å²) in [5.41, 5.74) is 4.34. The van der Waals surface area contributed by atoms with Crippen LogP contribution in [-0.4, -0.2) is 42.9 Å². The molecular weight excluding hydrogens is 236 g/mol. The molecule has 1 fully saturated rings. The Bertz CT molecular complexity index is 453. The normalized spacial score (nSPS) is 18.3. The molecule has 0 aliphatic carbocycles. The molecule has 0 aromatic heterocycles. The lowest BCUT2D eigenvalue weighted by molar-refractivity contribution is 0.0819. The van der Waals surface area contributed by atoms with E-state index in [2.05, 4.69) is 29.3 Å². The standard InChI is InChI=1S/C16H24N2O/c1-11-9-12(2)15(13(3)10-11)16(19)14(4)18-7-5-17-6-8-18/h9-10,14,17H,5-8H2,1-4H3. The van der Waals surface area contributed by atoms with Crippen molar-refractivity contribution in [2.24, 2.45) is 0 Å². The molecule has 19 heavy (non-hydrogen) atoms. The van der Waals surface area contributed by atoms with Crippen LogP contribution in [0, 0.1) is 20.8 Å². The Morgan fingerprint density at radius 1 is 1.16 bits per heavy atom. The maximum absolute atomic E-state index is 12.7. The van der Waals surface area contributed by atoms with Gasteiger partial charge in [0, 0.05) is 31.7 Å². The molecule has 1 N–H and O–H groups in total. The van der Waals surface area contributed by atoms with Gasteiger partial charge in [0.2, 0.25) is 0 Å². The minimum atomic E-state index is -0.0257. The molecule has 1 aromatic carbocycles. The van der Waals surface area contributed by atoms with Crippen LogP contribution in [0.3, 0.4) is 0 Å². The first-order chi connectivity index (χ1) is 9.00. The Hall–Kier alpha value is -1.19. The number of carbonyl (C=O) groups is 1. The number of rotatable bonds is 3. The van der Waals surface area contributed by atoms with Crippen molar-refractivity contribution in [1.29, 1.82) is 0 Å². The third-order valence-corrected chi connectivity index (χ3v) is 4.00. The van der Waals surface area contributed by atoms with E-state index in [1.165, 1.54) is 5.56 Å². The molecule has 1 aliphatic rings. The van der Waals surface area contributed by atoms with E-state index < -0.39 is 0 Å². The molecule has 1 heterocycles. The minimum absolute atomic E-state index is 0.0257. The fourth-order valence-corrected chi connectivity index (χ4v) is 3.01. The highest BCUT2D eigenvalue weighted by molar-refractivity contribution is 6.02. The fraction of sp³-hybridized carbons (Fsp3) is 0.562. The predicted octanol–water partition coefficient (Wildman–Crippen LogP) is 2.09. The predicted molar refractivity (Wildman–Crippen MR) is 78.9 cm³/mol. The Labute approximate surface area is 116 Å². The van der Waals surface area contributed by atoms with Crippen molar-refractivity contribution >= 4 is 5.78 Å². The topological polar surface area (TPSA) is 32.3 Å². The second-order valence-electron chi connectivity index (χ2n) is 5.60. The van der Waals surface area contributed by atoms with Gasteiger partial charge in [-0.05, 0) is 38.8 Å². The van der Waals surface area contributed by atoms with Gasteiger partial charge in [-0.3, -0.25) is 9.69 Å². The minimum Gasteiger partial charge on any atom is -0.314 e. The van der Waals surface area contributed by atoms with Crippen molar-refractivity contribution in [3.05, 3.63) is 34.4 Å². The van der Waals surface area contributed by atoms with Crippen molar-refractivity contribution < 1.29 is 4.79 Å². The molecule has 1 atom stereocenters. The molecule has 3 nitrogen and oxygen atoms in total. The summed E-state index contributed by atoms with van der Waals surface area (Å²) < 4.78 is 0. The van der Waals surface area contributed by atoms with Gasteiger partial charge in [0.1, 0.15) is 0 Å². The third kappa shape index (κ3) is 3.04. The first-order valence-corrected chi connectivity index (χ1v) is 7.07. The molecule has 1 unspecified atom stereocenters. The lowest BCUT2D eigenvalue weighted by Gasteiger charge is -2.32. The van der Waals surface area contributed by atoms with Crippen LogP contribution < -0.4 is 5.32 Å². The molecule has 0 saturated carbocycles. The van der Waals surface area contributed by atoms with Crippen molar-refractivity contribution in [3.8, 4) is 0 Å². The van der Waals surface area contributed by atoms with Crippen LogP contribution >= 0.6 is 0 Å². The molecule has 0 bridgehead atoms. The van der Waals surface area contributed by atoms with Crippen molar-refractivity contribution in [3.63, 3.8) is 0 Å². The van der Waals surface area contributed by atoms with Gasteiger partial charge >= 0.3 is 0 Å². The summed E-state index contributed by atoms with van der Waals surface area (Å²) in [7, 11) is 0. The van der Waals surface area contributed by atoms with E-state index in [0.717, 1.165) is 42.9 Å². The Kier molecular flexibility index (Phi) is 4.38. The van der Waals surface area contributed by atoms with Gasteiger partial charge in [-0.2, -0.15) is 0 Å². The van der Waals surface area contributed by atoms with E-state index in [-0.39, 0.29) is 11.8 Å². The summed E-state index contributed by atoms with van der Waals surface area (Å²) in [5.74, 6) is 0.261. The zero-order valence-corrected chi connectivity index (χ0v) is 12.4. The van der Waals surface area contributed by atoms with E-state index in [1.54, 1.807) is 0 Å². The number of carbonyl (C=O) groups excluding carboxylic acids is 1. The van der Waals surface area contributed by atoms with Gasteiger partial charge in [0.15, 0.2) is 5.78 Å². The van der Waals surface area contributed by atoms with Gasteiger partial charge in [-0.1, -0.05) is 17.7 Å². The van der Waals surface area contributed by atoms with Crippen LogP contribution in [0.1, 0.15) is 34.0 Å². The van der Waals surface area contributed by atoms with E-state index >= 15 is 0 Å². The summed E-state index contributed by atoms with van der Waals surface area (Å²) in [5, 5.41) is 3.33. The number of ketones is 1. The van der Waals surface area contributed by atoms with Crippen LogP contribution in [0.25, 0.3) is 0 Å². The zero-order chi connectivity index (χ0) is 14.0. The first kappa shape index (κ1) is 14.2. The number of piperazine rings is 1. The summed E-state index contributed by atoms with van der Waals surface area (Å²) >= 11 is 0. The molecule has 0 spiro atoms. The maximum atomic E-state index is 12.7. The molecule has 1 aliphatic heterocycles. The summed E-state index contributed by atoms with van der Waals surface area (Å²) in [6.07, 6.45) is 0. The number of hydrogen-bond donors (Lipinski definition) is 1. The SMILES string of the molecule is Cc1cc(C)c(C(=O)C(C)N2CCNCC2)c(C)c1. The highest BCUT2D eigenvalue weighted by Crippen LogP contribution is 2.20. The number of hydrogen-bond acceptors (Lipinski definition) is 3. The van der Waals surface area contributed by atoms with E-state index in [1.807, 2.05) is 20.8 Å². The van der Waals surface area contributed by atoms with E-state index in [0.29, 0.717) is 0 Å². The Morgan fingerprint density at radius 2 is 1.68 bits per heavy atom. The van der Waals surface area contributed by atoms with Crippen LogP contribution in [0.15, 0.2) is 12.1 Å². The van der Waals surface area contributed by atoms with E-state index in [9.17, 15) is 4.79 Å². The van der Waals surface area contributed by atoms with Crippen molar-refractivity contribution in [2.45, 2.75) is 33.7 Å². The molecule has 1 aromatic rings. The maximum Gasteiger partial charge on any atom is 0.180 e. The first-order valence-electron chi connectivity index (χ1n) is 7.07. The number of Topliss-reactive ketones (excluding diaryl/α,β-unsaturated/α-hetero) is 1. The zero-order valence-electron chi connectivity index (χ0n) is 12.4. The quantitative estimate of drug-likeness (QED) is 0.845. The molecule has 0 radical (unpaired) electrons. The van der Waals surface area contributed by atoms with Crippen LogP contribution in [0.2, 0.25) is 0 Å². The Balaban J connectivity index is 2.23. The number of aryl methyl sites for hydroxylation is 3. The van der Waals surface area contributed by atoms with Crippen LogP contribution in [0.4, 0.5) is 0 Å². The molecule has 3 heteroatoms. The Morgan fingerprint density at radius 3 is 2.21 bits per heavy atom. The second kappa shape index (κ2) is 5.85. The molecule has 0 amide bonds. The lowest BCUT2D eigenvalue weighted by atomic mass is 9.93. The average molecular weight is 260 g/mol. The number of nitrogens with zero attached hydrogens (tertiary/aromatic N) is 1. The molecule has 104 valence electrons. The lowest BCUT2D eigenvalue weighted by Crippen LogP contribution is -2.50. The van der Waals surface area contributed by atoms with Crippen molar-refractivity contribution in [2.75, 3.05) is 26.2 Å². The molecule has 2 rings (SSSR count). The monoisotopic (exact) mass is 260 g/mol. The highest BCUT2D eigenvalue weighted by atomic mass is 16.1. The fourth-order valence-electron chi connectivity index (χ4n) is 3.01. The third-order valence-electron chi connectivity index (χ3n) is 4.00. The van der Waals surface area contributed by atoms with Gasteiger partial charge in [0.25, 0.3) is 0 Å². The smallest absolute Gasteiger partial charge is 0.180 e. The second-order valence-corrected chi connectivity index (χ2v) is 5.60. The molecular formula is C16H24N2O. The average Bonchev–Trinajstić information content (AvgIpc) is 2.37. The highest BCUT2D eigenvalue weighted by Gasteiger charge is 2.25. The number of benzene rings is 1. The van der Waals surface area contributed by atoms with Crippen LogP contribution in [-0.2, 0) is 0 Å². The number of nitrogens with one attached hydrogen (secondary N) is 1. The van der Waals surface area contributed by atoms with E-state index in [4.69, 9.17) is 0 Å². The molecule has 1 saturated heterocycles. The van der Waals surface area contributed by atoms with Crippen LogP contribution in [0.5, 0.6) is 0 Å². The van der Waals surface area contributed by atoms with Gasteiger partial charge < -0.3 is 5.32 Å². The van der Waals surface area contributed by atoms with Gasteiger partial charge in [-0.25, -0.2) is 0 Å². The summed E-state index contributed by atoms with van der Waals surface area (Å²) in [6, 6.07) is 4.18. The largest absolute Gasteiger partial charge is 0.314 e. The summed E-state index contributed by atoms with van der Waals surface area (Å²) in [4.78, 5) is 15.0. The summed E-state index contributed by atoms with van der Waals surface area (Å²) in [6.45, 7) is 12.1. The van der Waals surface area contributed by atoms with Crippen molar-refractivity contribution in [1.82, 2.24) is 10.2 Å². The van der Waals surface area contributed by atoms with Gasteiger partial charge in [-0.15, -0.1) is 0 Å².